The molecule has 35 heavy (non-hydrogen) atoms. The Labute approximate surface area is 202 Å². The Morgan fingerprint density at radius 1 is 1.23 bits per heavy atom. The molecule has 4 heterocycles. The molecule has 0 saturated carbocycles. The predicted molar refractivity (Wildman–Crippen MR) is 129 cm³/mol. The molecule has 3 aromatic rings. The number of carbonyl (C=O) groups excluding carboxylic acids is 1. The normalized spacial score (nSPS) is 17.1. The number of hydrogen-bond acceptors (Lipinski definition) is 6. The lowest BCUT2D eigenvalue weighted by molar-refractivity contribution is 0.0383. The van der Waals surface area contributed by atoms with E-state index in [1.54, 1.807) is 22.9 Å². The van der Waals surface area contributed by atoms with Gasteiger partial charge in [-0.15, -0.1) is 0 Å². The van der Waals surface area contributed by atoms with Crippen LogP contribution < -0.4 is 10.9 Å². The van der Waals surface area contributed by atoms with E-state index in [-0.39, 0.29) is 16.9 Å². The first-order chi connectivity index (χ1) is 16.8. The van der Waals surface area contributed by atoms with Gasteiger partial charge in [0.1, 0.15) is 16.9 Å². The number of benzene rings is 1. The van der Waals surface area contributed by atoms with E-state index < -0.39 is 22.6 Å². The maximum absolute atomic E-state index is 13.4. The standard InChI is InChI=1S/C26H29FN4O4/c1-26(2)15-31-22-20(26)17(13-16-3-5-18(27)6-4-16)14-29-21(22)23(32)19(25(31)34)24(33)28-7-8-30-9-11-35-12-10-30/h3-6,14,32H,7-13,15H2,1-2H3,(H,28,33). The summed E-state index contributed by atoms with van der Waals surface area (Å²) in [4.78, 5) is 33.0. The summed E-state index contributed by atoms with van der Waals surface area (Å²) in [6, 6.07) is 6.28. The Kier molecular flexibility index (Phi) is 6.06. The molecule has 2 aliphatic rings. The Hall–Kier alpha value is -3.30. The Bertz CT molecular complexity index is 1340. The summed E-state index contributed by atoms with van der Waals surface area (Å²) in [5.74, 6) is -1.29. The second-order valence-electron chi connectivity index (χ2n) is 9.87. The van der Waals surface area contributed by atoms with Crippen molar-refractivity contribution in [1.82, 2.24) is 19.8 Å². The Morgan fingerprint density at radius 2 is 1.94 bits per heavy atom. The van der Waals surface area contributed by atoms with Crippen molar-refractivity contribution in [2.24, 2.45) is 0 Å². The first kappa shape index (κ1) is 23.4. The zero-order chi connectivity index (χ0) is 24.7. The van der Waals surface area contributed by atoms with E-state index in [1.807, 2.05) is 13.8 Å². The summed E-state index contributed by atoms with van der Waals surface area (Å²) in [6.07, 6.45) is 2.20. The minimum absolute atomic E-state index is 0.242. The molecule has 0 bridgehead atoms. The second-order valence-corrected chi connectivity index (χ2v) is 9.87. The van der Waals surface area contributed by atoms with Crippen LogP contribution in [0.4, 0.5) is 4.39 Å². The van der Waals surface area contributed by atoms with Crippen molar-refractivity contribution in [1.29, 1.82) is 0 Å². The number of nitrogens with one attached hydrogen (secondary N) is 1. The highest BCUT2D eigenvalue weighted by Gasteiger charge is 2.38. The number of aromatic nitrogens is 2. The molecule has 8 nitrogen and oxygen atoms in total. The van der Waals surface area contributed by atoms with Crippen molar-refractivity contribution in [3.8, 4) is 5.75 Å². The molecule has 0 atom stereocenters. The van der Waals surface area contributed by atoms with Crippen LogP contribution in [0.25, 0.3) is 11.0 Å². The number of rotatable bonds is 6. The van der Waals surface area contributed by atoms with Crippen LogP contribution in [-0.2, 0) is 23.1 Å². The molecule has 2 N–H and O–H groups in total. The number of halogens is 1. The fourth-order valence-corrected chi connectivity index (χ4v) is 5.21. The third kappa shape index (κ3) is 4.30. The van der Waals surface area contributed by atoms with Gasteiger partial charge in [0, 0.05) is 44.3 Å². The van der Waals surface area contributed by atoms with Crippen molar-refractivity contribution < 1.29 is 19.0 Å². The van der Waals surface area contributed by atoms with Crippen LogP contribution in [0, 0.1) is 5.82 Å². The minimum Gasteiger partial charge on any atom is -0.505 e. The van der Waals surface area contributed by atoms with Crippen LogP contribution >= 0.6 is 0 Å². The number of nitrogens with zero attached hydrogens (tertiary/aromatic N) is 3. The van der Waals surface area contributed by atoms with Gasteiger partial charge >= 0.3 is 0 Å². The average molecular weight is 481 g/mol. The molecule has 2 aromatic heterocycles. The van der Waals surface area contributed by atoms with E-state index in [9.17, 15) is 19.1 Å². The average Bonchev–Trinajstić information content (AvgIpc) is 3.13. The number of morpholine rings is 1. The van der Waals surface area contributed by atoms with E-state index in [1.165, 1.54) is 12.1 Å². The maximum Gasteiger partial charge on any atom is 0.267 e. The van der Waals surface area contributed by atoms with Crippen LogP contribution in [-0.4, -0.2) is 64.9 Å². The number of ether oxygens (including phenoxy) is 1. The molecular formula is C26H29FN4O4. The highest BCUT2D eigenvalue weighted by molar-refractivity contribution is 6.02. The van der Waals surface area contributed by atoms with Crippen molar-refractivity contribution in [3.63, 3.8) is 0 Å². The van der Waals surface area contributed by atoms with Gasteiger partial charge in [-0.2, -0.15) is 0 Å². The maximum atomic E-state index is 13.4. The lowest BCUT2D eigenvalue weighted by Gasteiger charge is -2.26. The van der Waals surface area contributed by atoms with Gasteiger partial charge in [0.2, 0.25) is 0 Å². The topological polar surface area (TPSA) is 96.7 Å². The molecule has 0 spiro atoms. The van der Waals surface area contributed by atoms with Gasteiger partial charge in [0.05, 0.1) is 18.7 Å². The Morgan fingerprint density at radius 3 is 2.66 bits per heavy atom. The van der Waals surface area contributed by atoms with E-state index in [2.05, 4.69) is 15.2 Å². The fourth-order valence-electron chi connectivity index (χ4n) is 5.21. The zero-order valence-corrected chi connectivity index (χ0v) is 19.9. The van der Waals surface area contributed by atoms with E-state index in [0.717, 1.165) is 29.8 Å². The molecule has 184 valence electrons. The number of hydrogen-bond donors (Lipinski definition) is 2. The quantitative estimate of drug-likeness (QED) is 0.562. The van der Waals surface area contributed by atoms with Gasteiger partial charge < -0.3 is 19.7 Å². The molecule has 0 radical (unpaired) electrons. The predicted octanol–water partition coefficient (Wildman–Crippen LogP) is 2.19. The third-order valence-corrected chi connectivity index (χ3v) is 6.90. The molecule has 9 heteroatoms. The summed E-state index contributed by atoms with van der Waals surface area (Å²) in [6.45, 7) is 8.35. The summed E-state index contributed by atoms with van der Waals surface area (Å²) >= 11 is 0. The highest BCUT2D eigenvalue weighted by atomic mass is 19.1. The smallest absolute Gasteiger partial charge is 0.267 e. The fraction of sp³-hybridized carbons (Fsp3) is 0.423. The Balaban J connectivity index is 1.49. The van der Waals surface area contributed by atoms with Crippen LogP contribution in [0.2, 0.25) is 0 Å². The number of pyridine rings is 2. The van der Waals surface area contributed by atoms with Crippen molar-refractivity contribution in [2.45, 2.75) is 32.2 Å². The van der Waals surface area contributed by atoms with Gasteiger partial charge in [0.25, 0.3) is 11.5 Å². The van der Waals surface area contributed by atoms with Crippen LogP contribution in [0.15, 0.2) is 35.3 Å². The molecule has 1 saturated heterocycles. The van der Waals surface area contributed by atoms with Crippen LogP contribution in [0.1, 0.15) is 40.9 Å². The largest absolute Gasteiger partial charge is 0.505 e. The monoisotopic (exact) mass is 480 g/mol. The minimum atomic E-state index is -0.602. The molecule has 0 unspecified atom stereocenters. The summed E-state index contributed by atoms with van der Waals surface area (Å²) in [5, 5.41) is 13.8. The molecule has 1 aromatic carbocycles. The van der Waals surface area contributed by atoms with Crippen molar-refractivity contribution in [3.05, 3.63) is 68.9 Å². The number of amides is 1. The SMILES string of the molecule is CC1(C)Cn2c(=O)c(C(=O)NCCN3CCOCC3)c(O)c3ncc(Cc4ccc(F)cc4)c1c32. The lowest BCUT2D eigenvalue weighted by Crippen LogP contribution is -2.42. The first-order valence-corrected chi connectivity index (χ1v) is 11.9. The van der Waals surface area contributed by atoms with Crippen molar-refractivity contribution in [2.75, 3.05) is 39.4 Å². The van der Waals surface area contributed by atoms with Gasteiger partial charge in [-0.05, 0) is 35.2 Å². The van der Waals surface area contributed by atoms with E-state index in [4.69, 9.17) is 4.74 Å². The molecule has 1 fully saturated rings. The van der Waals surface area contributed by atoms with Crippen molar-refractivity contribution >= 4 is 16.9 Å². The summed E-state index contributed by atoms with van der Waals surface area (Å²) in [5.41, 5.74) is 2.32. The lowest BCUT2D eigenvalue weighted by atomic mass is 9.82. The van der Waals surface area contributed by atoms with Crippen LogP contribution in [0.3, 0.4) is 0 Å². The van der Waals surface area contributed by atoms with Crippen LogP contribution in [0.5, 0.6) is 5.75 Å². The molecule has 0 aliphatic carbocycles. The molecule has 1 amide bonds. The summed E-state index contributed by atoms with van der Waals surface area (Å²) < 4.78 is 20.2. The van der Waals surface area contributed by atoms with Gasteiger partial charge in [-0.25, -0.2) is 4.39 Å². The van der Waals surface area contributed by atoms with Gasteiger partial charge in [0.15, 0.2) is 5.75 Å². The first-order valence-electron chi connectivity index (χ1n) is 11.9. The zero-order valence-electron chi connectivity index (χ0n) is 19.9. The molecular weight excluding hydrogens is 451 g/mol. The molecule has 5 rings (SSSR count). The second kappa shape index (κ2) is 9.05. The number of carbonyl (C=O) groups is 1. The summed E-state index contributed by atoms with van der Waals surface area (Å²) in [7, 11) is 0. The third-order valence-electron chi connectivity index (χ3n) is 6.90. The van der Waals surface area contributed by atoms with Gasteiger partial charge in [-0.3, -0.25) is 19.5 Å². The van der Waals surface area contributed by atoms with E-state index in [0.29, 0.717) is 44.8 Å². The highest BCUT2D eigenvalue weighted by Crippen LogP contribution is 2.42. The van der Waals surface area contributed by atoms with E-state index >= 15 is 0 Å². The van der Waals surface area contributed by atoms with Gasteiger partial charge in [-0.1, -0.05) is 26.0 Å². The number of aromatic hydroxyl groups is 1. The molecule has 2 aliphatic heterocycles.